The number of carbonyl (C=O) groups excluding carboxylic acids is 2. The molecule has 0 saturated carbocycles. The Hall–Kier alpha value is -1.55. The second-order valence-corrected chi connectivity index (χ2v) is 7.53. The van der Waals surface area contributed by atoms with Gasteiger partial charge in [-0.25, -0.2) is 0 Å². The summed E-state index contributed by atoms with van der Waals surface area (Å²) in [5.74, 6) is -0.100. The topological polar surface area (TPSA) is 52.6 Å². The van der Waals surface area contributed by atoms with Gasteiger partial charge in [0.1, 0.15) is 5.75 Å². The van der Waals surface area contributed by atoms with Crippen molar-refractivity contribution in [3.63, 3.8) is 0 Å². The van der Waals surface area contributed by atoms with Crippen LogP contribution in [0, 0.1) is 6.92 Å². The van der Waals surface area contributed by atoms with Gasteiger partial charge in [0.15, 0.2) is 0 Å². The zero-order valence-electron chi connectivity index (χ0n) is 16.9. The first-order valence-corrected chi connectivity index (χ1v) is 10.5. The molecular weight excluding hydrogens is 364 g/mol. The first-order valence-electron chi connectivity index (χ1n) is 10.1. The van der Waals surface area contributed by atoms with E-state index in [1.807, 2.05) is 13.8 Å². The van der Waals surface area contributed by atoms with Crippen molar-refractivity contribution in [1.82, 2.24) is 0 Å². The Labute approximate surface area is 168 Å². The minimum Gasteiger partial charge on any atom is -0.463 e. The number of ether oxygens (including phenoxy) is 2. The van der Waals surface area contributed by atoms with E-state index in [0.29, 0.717) is 17.2 Å². The third-order valence-electron chi connectivity index (χ3n) is 4.42. The summed E-state index contributed by atoms with van der Waals surface area (Å²) in [5.41, 5.74) is 0.804. The molecule has 1 aromatic carbocycles. The summed E-state index contributed by atoms with van der Waals surface area (Å²) < 4.78 is 10.7. The van der Waals surface area contributed by atoms with Crippen LogP contribution in [0.2, 0.25) is 5.02 Å². The number of rotatable bonds is 13. The van der Waals surface area contributed by atoms with Crippen LogP contribution in [0.1, 0.15) is 83.6 Å². The number of aryl methyl sites for hydroxylation is 1. The predicted octanol–water partition coefficient (Wildman–Crippen LogP) is 6.41. The van der Waals surface area contributed by atoms with Crippen molar-refractivity contribution in [2.75, 3.05) is 0 Å². The SMILES string of the molecule is CCCCCCCCC(C)OC(=O)CCCC(=O)Oc1ccc(Cl)cc1C. The Morgan fingerprint density at radius 1 is 1.00 bits per heavy atom. The van der Waals surface area contributed by atoms with Gasteiger partial charge in [0.2, 0.25) is 0 Å². The molecule has 0 bridgehead atoms. The molecule has 4 nitrogen and oxygen atoms in total. The Morgan fingerprint density at radius 3 is 2.37 bits per heavy atom. The largest absolute Gasteiger partial charge is 0.463 e. The molecule has 0 aliphatic rings. The quantitative estimate of drug-likeness (QED) is 0.219. The summed E-state index contributed by atoms with van der Waals surface area (Å²) in [7, 11) is 0. The number of esters is 2. The summed E-state index contributed by atoms with van der Waals surface area (Å²) in [6.45, 7) is 5.97. The average Bonchev–Trinajstić information content (AvgIpc) is 2.60. The normalized spacial score (nSPS) is 11.9. The molecule has 0 fully saturated rings. The molecule has 0 saturated heterocycles. The standard InChI is InChI=1S/C22H33ClO4/c1-4-5-6-7-8-9-11-18(3)26-21(24)12-10-13-22(25)27-20-15-14-19(23)16-17(20)2/h14-16,18H,4-13H2,1-3H3. The predicted molar refractivity (Wildman–Crippen MR) is 109 cm³/mol. The van der Waals surface area contributed by atoms with Crippen molar-refractivity contribution in [3.05, 3.63) is 28.8 Å². The molecule has 1 aromatic rings. The molecule has 0 radical (unpaired) electrons. The molecule has 0 amide bonds. The third-order valence-corrected chi connectivity index (χ3v) is 4.65. The van der Waals surface area contributed by atoms with E-state index in [2.05, 4.69) is 6.92 Å². The first kappa shape index (κ1) is 23.5. The number of halogens is 1. The summed E-state index contributed by atoms with van der Waals surface area (Å²) in [5, 5.41) is 0.602. The lowest BCUT2D eigenvalue weighted by Gasteiger charge is -2.13. The maximum atomic E-state index is 11.9. The Kier molecular flexibility index (Phi) is 11.8. The maximum absolute atomic E-state index is 11.9. The fourth-order valence-electron chi connectivity index (χ4n) is 2.83. The van der Waals surface area contributed by atoms with Gasteiger partial charge in [-0.15, -0.1) is 0 Å². The second-order valence-electron chi connectivity index (χ2n) is 7.09. The molecule has 0 aliphatic carbocycles. The summed E-state index contributed by atoms with van der Waals surface area (Å²) in [4.78, 5) is 23.8. The number of hydrogen-bond donors (Lipinski definition) is 0. The average molecular weight is 397 g/mol. The Morgan fingerprint density at radius 2 is 1.67 bits per heavy atom. The van der Waals surface area contributed by atoms with E-state index in [1.54, 1.807) is 18.2 Å². The number of unbranched alkanes of at least 4 members (excludes halogenated alkanes) is 5. The zero-order valence-corrected chi connectivity index (χ0v) is 17.6. The Bertz CT molecular complexity index is 586. The molecule has 1 rings (SSSR count). The van der Waals surface area contributed by atoms with Crippen LogP contribution in [0.5, 0.6) is 5.75 Å². The van der Waals surface area contributed by atoms with Crippen LogP contribution in [0.25, 0.3) is 0 Å². The molecular formula is C22H33ClO4. The van der Waals surface area contributed by atoms with Gasteiger partial charge in [-0.3, -0.25) is 9.59 Å². The lowest BCUT2D eigenvalue weighted by molar-refractivity contribution is -0.148. The molecule has 1 atom stereocenters. The van der Waals surface area contributed by atoms with Crippen LogP contribution < -0.4 is 4.74 Å². The number of benzene rings is 1. The van der Waals surface area contributed by atoms with Crippen molar-refractivity contribution in [1.29, 1.82) is 0 Å². The molecule has 27 heavy (non-hydrogen) atoms. The summed E-state index contributed by atoms with van der Waals surface area (Å²) in [6.07, 6.45) is 9.05. The van der Waals surface area contributed by atoms with Crippen LogP contribution in [-0.2, 0) is 14.3 Å². The van der Waals surface area contributed by atoms with Crippen molar-refractivity contribution in [3.8, 4) is 5.75 Å². The van der Waals surface area contributed by atoms with E-state index in [4.69, 9.17) is 21.1 Å². The van der Waals surface area contributed by atoms with E-state index < -0.39 is 0 Å². The van der Waals surface area contributed by atoms with Crippen molar-refractivity contribution in [2.24, 2.45) is 0 Å². The molecule has 0 heterocycles. The van der Waals surface area contributed by atoms with Crippen LogP contribution in [0.4, 0.5) is 0 Å². The van der Waals surface area contributed by atoms with Gasteiger partial charge in [-0.1, -0.05) is 50.6 Å². The highest BCUT2D eigenvalue weighted by molar-refractivity contribution is 6.30. The van der Waals surface area contributed by atoms with Crippen LogP contribution in [0.3, 0.4) is 0 Å². The minimum absolute atomic E-state index is 0.0626. The maximum Gasteiger partial charge on any atom is 0.311 e. The van der Waals surface area contributed by atoms with Gasteiger partial charge < -0.3 is 9.47 Å². The van der Waals surface area contributed by atoms with Crippen LogP contribution in [-0.4, -0.2) is 18.0 Å². The van der Waals surface area contributed by atoms with E-state index in [9.17, 15) is 9.59 Å². The van der Waals surface area contributed by atoms with Crippen molar-refractivity contribution in [2.45, 2.75) is 91.1 Å². The minimum atomic E-state index is -0.353. The van der Waals surface area contributed by atoms with Crippen LogP contribution >= 0.6 is 11.6 Å². The van der Waals surface area contributed by atoms with Gasteiger partial charge in [-0.2, -0.15) is 0 Å². The van der Waals surface area contributed by atoms with E-state index in [-0.39, 0.29) is 30.9 Å². The Balaban J connectivity index is 2.14. The second kappa shape index (κ2) is 13.6. The van der Waals surface area contributed by atoms with Crippen LogP contribution in [0.15, 0.2) is 18.2 Å². The smallest absolute Gasteiger partial charge is 0.311 e. The number of carbonyl (C=O) groups is 2. The van der Waals surface area contributed by atoms with Gasteiger partial charge in [0.25, 0.3) is 0 Å². The molecule has 0 aromatic heterocycles. The lowest BCUT2D eigenvalue weighted by atomic mass is 10.1. The molecule has 152 valence electrons. The number of hydrogen-bond acceptors (Lipinski definition) is 4. The molecule has 1 unspecified atom stereocenters. The van der Waals surface area contributed by atoms with Crippen molar-refractivity contribution >= 4 is 23.5 Å². The fraction of sp³-hybridized carbons (Fsp3) is 0.636. The van der Waals surface area contributed by atoms with Gasteiger partial charge >= 0.3 is 11.9 Å². The van der Waals surface area contributed by atoms with Gasteiger partial charge in [0.05, 0.1) is 6.10 Å². The van der Waals surface area contributed by atoms with E-state index >= 15 is 0 Å². The fourth-order valence-corrected chi connectivity index (χ4v) is 3.06. The highest BCUT2D eigenvalue weighted by Gasteiger charge is 2.12. The lowest BCUT2D eigenvalue weighted by Crippen LogP contribution is -2.15. The molecule has 0 spiro atoms. The third kappa shape index (κ3) is 11.0. The molecule has 0 aliphatic heterocycles. The monoisotopic (exact) mass is 396 g/mol. The van der Waals surface area contributed by atoms with E-state index in [0.717, 1.165) is 18.4 Å². The molecule has 5 heteroatoms. The first-order chi connectivity index (χ1) is 12.9. The highest BCUT2D eigenvalue weighted by atomic mass is 35.5. The summed E-state index contributed by atoms with van der Waals surface area (Å²) in [6, 6.07) is 5.10. The molecule has 0 N–H and O–H groups in total. The van der Waals surface area contributed by atoms with Gasteiger partial charge in [0, 0.05) is 17.9 Å². The van der Waals surface area contributed by atoms with Gasteiger partial charge in [-0.05, 0) is 56.9 Å². The highest BCUT2D eigenvalue weighted by Crippen LogP contribution is 2.22. The van der Waals surface area contributed by atoms with E-state index in [1.165, 1.54) is 32.1 Å². The van der Waals surface area contributed by atoms with Crippen molar-refractivity contribution < 1.29 is 19.1 Å². The summed E-state index contributed by atoms with van der Waals surface area (Å²) >= 11 is 5.88. The zero-order chi connectivity index (χ0) is 20.1.